The van der Waals surface area contributed by atoms with Crippen molar-refractivity contribution in [3.8, 4) is 0 Å². The molecule has 1 aliphatic rings. The average molecular weight is 308 g/mol. The van der Waals surface area contributed by atoms with Gasteiger partial charge in [-0.2, -0.15) is 5.10 Å². The highest BCUT2D eigenvalue weighted by molar-refractivity contribution is 7.15. The average Bonchev–Trinajstić information content (AvgIpc) is 3.06. The van der Waals surface area contributed by atoms with Crippen molar-refractivity contribution >= 4 is 22.5 Å². The molecule has 9 heteroatoms. The molecule has 0 radical (unpaired) electrons. The molecule has 0 spiro atoms. The molecule has 0 aliphatic heterocycles. The maximum Gasteiger partial charge on any atom is 0.321 e. The first-order chi connectivity index (χ1) is 10.1. The van der Waals surface area contributed by atoms with E-state index in [4.69, 9.17) is 0 Å². The largest absolute Gasteiger partial charge is 0.386 e. The number of hydrogen-bond donors (Lipinski definition) is 3. The molecule has 0 saturated heterocycles. The molecule has 2 aromatic heterocycles. The van der Waals surface area contributed by atoms with Crippen LogP contribution in [0.2, 0.25) is 0 Å². The SMILES string of the molecule is Cn1cc(C(O)CNC(=O)Nc2nnc(C3CC3)s2)cn1. The Kier molecular flexibility index (Phi) is 3.84. The second-order valence-corrected chi connectivity index (χ2v) is 6.03. The number of amides is 2. The fourth-order valence-corrected chi connectivity index (χ4v) is 2.75. The molecule has 2 heterocycles. The standard InChI is InChI=1S/C12H16N6O2S/c1-18-6-8(4-14-18)9(19)5-13-11(20)15-12-17-16-10(21-12)7-2-3-7/h4,6-7,9,19H,2-3,5H2,1H3,(H2,13,15,17,20). The number of carbonyl (C=O) groups is 1. The van der Waals surface area contributed by atoms with E-state index in [1.807, 2.05) is 0 Å². The lowest BCUT2D eigenvalue weighted by atomic mass is 10.2. The van der Waals surface area contributed by atoms with Gasteiger partial charge in [0.05, 0.1) is 12.3 Å². The molecule has 1 aliphatic carbocycles. The lowest BCUT2D eigenvalue weighted by Gasteiger charge is -2.09. The molecule has 0 aromatic carbocycles. The highest BCUT2D eigenvalue weighted by atomic mass is 32.1. The zero-order valence-electron chi connectivity index (χ0n) is 11.5. The van der Waals surface area contributed by atoms with Crippen molar-refractivity contribution in [2.24, 2.45) is 7.05 Å². The zero-order chi connectivity index (χ0) is 14.8. The molecule has 0 bridgehead atoms. The van der Waals surface area contributed by atoms with E-state index in [0.717, 1.165) is 17.8 Å². The molecule has 112 valence electrons. The van der Waals surface area contributed by atoms with E-state index in [9.17, 15) is 9.90 Å². The number of hydrogen-bond acceptors (Lipinski definition) is 6. The molecule has 21 heavy (non-hydrogen) atoms. The Balaban J connectivity index is 1.47. The van der Waals surface area contributed by atoms with Crippen molar-refractivity contribution in [3.05, 3.63) is 23.0 Å². The van der Waals surface area contributed by atoms with Crippen LogP contribution >= 0.6 is 11.3 Å². The van der Waals surface area contributed by atoms with Crippen LogP contribution in [0, 0.1) is 0 Å². The minimum Gasteiger partial charge on any atom is -0.386 e. The summed E-state index contributed by atoms with van der Waals surface area (Å²) in [5.41, 5.74) is 0.657. The van der Waals surface area contributed by atoms with E-state index in [1.54, 1.807) is 24.1 Å². The van der Waals surface area contributed by atoms with Crippen LogP contribution in [0.4, 0.5) is 9.93 Å². The fraction of sp³-hybridized carbons (Fsp3) is 0.500. The van der Waals surface area contributed by atoms with Crippen molar-refractivity contribution in [3.63, 3.8) is 0 Å². The van der Waals surface area contributed by atoms with Crippen molar-refractivity contribution in [1.82, 2.24) is 25.3 Å². The summed E-state index contributed by atoms with van der Waals surface area (Å²) in [7, 11) is 1.77. The lowest BCUT2D eigenvalue weighted by molar-refractivity contribution is 0.175. The first-order valence-corrected chi connectivity index (χ1v) is 7.48. The van der Waals surface area contributed by atoms with Gasteiger partial charge in [-0.15, -0.1) is 10.2 Å². The van der Waals surface area contributed by atoms with Gasteiger partial charge in [0.25, 0.3) is 0 Å². The molecular weight excluding hydrogens is 292 g/mol. The minimum atomic E-state index is -0.791. The summed E-state index contributed by atoms with van der Waals surface area (Å²) in [4.78, 5) is 11.7. The summed E-state index contributed by atoms with van der Waals surface area (Å²) in [5.74, 6) is 0.522. The van der Waals surface area contributed by atoms with E-state index in [-0.39, 0.29) is 6.54 Å². The Bertz CT molecular complexity index is 635. The van der Waals surface area contributed by atoms with Crippen LogP contribution in [-0.2, 0) is 7.05 Å². The van der Waals surface area contributed by atoms with E-state index in [2.05, 4.69) is 25.9 Å². The van der Waals surface area contributed by atoms with Crippen molar-refractivity contribution in [2.75, 3.05) is 11.9 Å². The number of aryl methyl sites for hydroxylation is 1. The van der Waals surface area contributed by atoms with Crippen LogP contribution in [0.25, 0.3) is 0 Å². The smallest absolute Gasteiger partial charge is 0.321 e. The Hall–Kier alpha value is -2.00. The van der Waals surface area contributed by atoms with Crippen LogP contribution in [0.3, 0.4) is 0 Å². The number of aliphatic hydroxyl groups excluding tert-OH is 1. The normalized spacial score (nSPS) is 15.7. The van der Waals surface area contributed by atoms with Gasteiger partial charge in [-0.05, 0) is 12.8 Å². The quantitative estimate of drug-likeness (QED) is 0.764. The highest BCUT2D eigenvalue weighted by Gasteiger charge is 2.27. The zero-order valence-corrected chi connectivity index (χ0v) is 12.3. The first-order valence-electron chi connectivity index (χ1n) is 6.66. The predicted molar refractivity (Wildman–Crippen MR) is 77.1 cm³/mol. The maximum absolute atomic E-state index is 11.7. The molecule has 1 unspecified atom stereocenters. The van der Waals surface area contributed by atoms with Crippen LogP contribution in [0.5, 0.6) is 0 Å². The number of urea groups is 1. The topological polar surface area (TPSA) is 105 Å². The number of carbonyl (C=O) groups excluding carboxylic acids is 1. The molecule has 2 amide bonds. The second kappa shape index (κ2) is 5.78. The van der Waals surface area contributed by atoms with E-state index < -0.39 is 12.1 Å². The Morgan fingerprint density at radius 2 is 2.38 bits per heavy atom. The van der Waals surface area contributed by atoms with Gasteiger partial charge in [0.1, 0.15) is 5.01 Å². The van der Waals surface area contributed by atoms with Gasteiger partial charge < -0.3 is 10.4 Å². The summed E-state index contributed by atoms with van der Waals surface area (Å²) in [6.45, 7) is 0.103. The Morgan fingerprint density at radius 1 is 1.57 bits per heavy atom. The molecule has 2 aromatic rings. The summed E-state index contributed by atoms with van der Waals surface area (Å²) in [6, 6.07) is -0.406. The molecule has 8 nitrogen and oxygen atoms in total. The lowest BCUT2D eigenvalue weighted by Crippen LogP contribution is -2.32. The van der Waals surface area contributed by atoms with Crippen LogP contribution in [-0.4, -0.2) is 37.7 Å². The molecule has 1 atom stereocenters. The number of anilines is 1. The molecule has 3 rings (SSSR count). The summed E-state index contributed by atoms with van der Waals surface area (Å²) in [5, 5.41) is 28.5. The van der Waals surface area contributed by atoms with Crippen LogP contribution in [0.15, 0.2) is 12.4 Å². The van der Waals surface area contributed by atoms with Crippen LogP contribution in [0.1, 0.15) is 35.4 Å². The van der Waals surface area contributed by atoms with Gasteiger partial charge in [0.15, 0.2) is 0 Å². The monoisotopic (exact) mass is 308 g/mol. The number of nitrogens with one attached hydrogen (secondary N) is 2. The van der Waals surface area contributed by atoms with E-state index in [0.29, 0.717) is 16.6 Å². The summed E-state index contributed by atoms with van der Waals surface area (Å²) in [6.07, 6.45) is 4.78. The third kappa shape index (κ3) is 3.56. The van der Waals surface area contributed by atoms with E-state index in [1.165, 1.54) is 11.3 Å². The van der Waals surface area contributed by atoms with Gasteiger partial charge >= 0.3 is 6.03 Å². The number of aromatic nitrogens is 4. The van der Waals surface area contributed by atoms with E-state index >= 15 is 0 Å². The number of aliphatic hydroxyl groups is 1. The molecule has 3 N–H and O–H groups in total. The Morgan fingerprint density at radius 3 is 3.05 bits per heavy atom. The maximum atomic E-state index is 11.7. The third-order valence-electron chi connectivity index (χ3n) is 3.15. The van der Waals surface area contributed by atoms with Gasteiger partial charge in [0, 0.05) is 31.3 Å². The molecule has 1 saturated carbocycles. The third-order valence-corrected chi connectivity index (χ3v) is 4.15. The van der Waals surface area contributed by atoms with Gasteiger partial charge in [-0.25, -0.2) is 4.79 Å². The predicted octanol–water partition coefficient (Wildman–Crippen LogP) is 1.00. The second-order valence-electron chi connectivity index (χ2n) is 5.02. The van der Waals surface area contributed by atoms with Crippen LogP contribution < -0.4 is 10.6 Å². The first kappa shape index (κ1) is 14.0. The number of nitrogens with zero attached hydrogens (tertiary/aromatic N) is 4. The van der Waals surface area contributed by atoms with Gasteiger partial charge in [0.2, 0.25) is 5.13 Å². The van der Waals surface area contributed by atoms with Gasteiger partial charge in [-0.1, -0.05) is 11.3 Å². The Labute approximate surface area is 125 Å². The minimum absolute atomic E-state index is 0.103. The van der Waals surface area contributed by atoms with Crippen molar-refractivity contribution in [1.29, 1.82) is 0 Å². The summed E-state index contributed by atoms with van der Waals surface area (Å²) >= 11 is 1.40. The molecular formula is C12H16N6O2S. The highest BCUT2D eigenvalue weighted by Crippen LogP contribution is 2.41. The van der Waals surface area contributed by atoms with Crippen molar-refractivity contribution < 1.29 is 9.90 Å². The number of rotatable bonds is 5. The van der Waals surface area contributed by atoms with Gasteiger partial charge in [-0.3, -0.25) is 10.00 Å². The molecule has 1 fully saturated rings. The fourth-order valence-electron chi connectivity index (χ4n) is 1.84. The van der Waals surface area contributed by atoms with Crippen molar-refractivity contribution in [2.45, 2.75) is 24.9 Å². The summed E-state index contributed by atoms with van der Waals surface area (Å²) < 4.78 is 1.60.